The van der Waals surface area contributed by atoms with Gasteiger partial charge < -0.3 is 19.9 Å². The van der Waals surface area contributed by atoms with Crippen LogP contribution in [0.15, 0.2) is 42.9 Å². The number of aromatic nitrogens is 3. The summed E-state index contributed by atoms with van der Waals surface area (Å²) in [5, 5.41) is 4.37. The van der Waals surface area contributed by atoms with Crippen molar-refractivity contribution in [3.63, 3.8) is 0 Å². The lowest BCUT2D eigenvalue weighted by Gasteiger charge is -2.29. The predicted molar refractivity (Wildman–Crippen MR) is 86.6 cm³/mol. The van der Waals surface area contributed by atoms with Crippen molar-refractivity contribution in [1.82, 2.24) is 15.0 Å². The third-order valence-corrected chi connectivity index (χ3v) is 3.84. The van der Waals surface area contributed by atoms with Gasteiger partial charge in [0, 0.05) is 30.7 Å². The highest BCUT2D eigenvalue weighted by Gasteiger charge is 2.12. The van der Waals surface area contributed by atoms with E-state index in [0.29, 0.717) is 0 Å². The minimum atomic E-state index is 0.785. The van der Waals surface area contributed by atoms with Gasteiger partial charge in [0.15, 0.2) is 0 Å². The van der Waals surface area contributed by atoms with Gasteiger partial charge in [0.25, 0.3) is 0 Å². The van der Waals surface area contributed by atoms with Crippen LogP contribution in [0.5, 0.6) is 0 Å². The van der Waals surface area contributed by atoms with E-state index in [2.05, 4.69) is 43.4 Å². The first-order valence-corrected chi connectivity index (χ1v) is 7.38. The van der Waals surface area contributed by atoms with Crippen molar-refractivity contribution in [2.75, 3.05) is 36.5 Å². The first-order chi connectivity index (χ1) is 10.9. The molecule has 1 aliphatic heterocycles. The van der Waals surface area contributed by atoms with Crippen LogP contribution < -0.4 is 10.2 Å². The Hall–Kier alpha value is -2.60. The minimum absolute atomic E-state index is 0.785. The van der Waals surface area contributed by atoms with Gasteiger partial charge >= 0.3 is 0 Å². The number of ether oxygens (including phenoxy) is 1. The zero-order chi connectivity index (χ0) is 14.8. The Labute approximate surface area is 128 Å². The Morgan fingerprint density at radius 1 is 1.14 bits per heavy atom. The highest BCUT2D eigenvalue weighted by molar-refractivity contribution is 5.88. The van der Waals surface area contributed by atoms with Crippen LogP contribution in [-0.2, 0) is 4.74 Å². The van der Waals surface area contributed by atoms with E-state index >= 15 is 0 Å². The van der Waals surface area contributed by atoms with Crippen molar-refractivity contribution < 1.29 is 4.74 Å². The maximum Gasteiger partial charge on any atom is 0.143 e. The lowest BCUT2D eigenvalue weighted by molar-refractivity contribution is 0.122. The first kappa shape index (κ1) is 13.1. The van der Waals surface area contributed by atoms with Crippen LogP contribution >= 0.6 is 0 Å². The molecule has 1 fully saturated rings. The van der Waals surface area contributed by atoms with Gasteiger partial charge in [-0.25, -0.2) is 9.97 Å². The normalized spacial score (nSPS) is 15.2. The average molecular weight is 295 g/mol. The van der Waals surface area contributed by atoms with Gasteiger partial charge in [0.1, 0.15) is 17.8 Å². The molecule has 0 unspecified atom stereocenters. The smallest absolute Gasteiger partial charge is 0.143 e. The Morgan fingerprint density at radius 3 is 2.95 bits per heavy atom. The highest BCUT2D eigenvalue weighted by Crippen LogP contribution is 2.25. The summed E-state index contributed by atoms with van der Waals surface area (Å²) < 4.78 is 5.41. The second kappa shape index (κ2) is 5.65. The topological polar surface area (TPSA) is 66.1 Å². The van der Waals surface area contributed by atoms with Crippen LogP contribution in [-0.4, -0.2) is 41.3 Å². The molecule has 0 saturated carbocycles. The molecule has 2 N–H and O–H groups in total. The molecule has 0 radical (unpaired) electrons. The first-order valence-electron chi connectivity index (χ1n) is 7.38. The molecule has 0 amide bonds. The summed E-state index contributed by atoms with van der Waals surface area (Å²) in [6, 6.07) is 10.4. The summed E-state index contributed by atoms with van der Waals surface area (Å²) >= 11 is 0. The number of nitrogens with zero attached hydrogens (tertiary/aromatic N) is 3. The van der Waals surface area contributed by atoms with E-state index in [1.165, 1.54) is 5.69 Å². The molecule has 3 heterocycles. The molecular weight excluding hydrogens is 278 g/mol. The van der Waals surface area contributed by atoms with Crippen LogP contribution in [0.2, 0.25) is 0 Å². The quantitative estimate of drug-likeness (QED) is 0.777. The number of fused-ring (bicyclic) bond motifs is 1. The lowest BCUT2D eigenvalue weighted by atomic mass is 10.2. The van der Waals surface area contributed by atoms with Crippen LogP contribution in [0.3, 0.4) is 0 Å². The van der Waals surface area contributed by atoms with Crippen LogP contribution in [0.25, 0.3) is 11.0 Å². The van der Waals surface area contributed by atoms with Crippen molar-refractivity contribution >= 4 is 28.2 Å². The second-order valence-electron chi connectivity index (χ2n) is 5.24. The minimum Gasteiger partial charge on any atom is -0.378 e. The number of morpholine rings is 1. The number of hydrogen-bond acceptors (Lipinski definition) is 5. The van der Waals surface area contributed by atoms with Crippen molar-refractivity contribution in [2.24, 2.45) is 0 Å². The van der Waals surface area contributed by atoms with Crippen LogP contribution in [0.4, 0.5) is 17.2 Å². The molecule has 2 aromatic heterocycles. The molecule has 0 atom stereocenters. The fourth-order valence-electron chi connectivity index (χ4n) is 2.71. The summed E-state index contributed by atoms with van der Waals surface area (Å²) in [5.74, 6) is 0.811. The van der Waals surface area contributed by atoms with E-state index in [1.54, 1.807) is 6.33 Å². The fraction of sp³-hybridized carbons (Fsp3) is 0.250. The number of benzene rings is 1. The Morgan fingerprint density at radius 2 is 2.05 bits per heavy atom. The Kier molecular flexibility index (Phi) is 3.36. The van der Waals surface area contributed by atoms with E-state index in [9.17, 15) is 0 Å². The average Bonchev–Trinajstić information content (AvgIpc) is 3.06. The summed E-state index contributed by atoms with van der Waals surface area (Å²) in [7, 11) is 0. The van der Waals surface area contributed by atoms with Gasteiger partial charge in [0.05, 0.1) is 18.6 Å². The standard InChI is InChI=1S/C16H17N5O/c1-2-12(10-13(3-1)21-6-8-22-9-7-21)20-16-14-4-5-17-15(14)18-11-19-16/h1-5,10-11H,6-9H2,(H2,17,18,19,20). The summed E-state index contributed by atoms with van der Waals surface area (Å²) in [4.78, 5) is 14.0. The number of anilines is 3. The summed E-state index contributed by atoms with van der Waals surface area (Å²) in [6.45, 7) is 3.43. The molecular formula is C16H17N5O. The van der Waals surface area contributed by atoms with Crippen LogP contribution in [0.1, 0.15) is 0 Å². The van der Waals surface area contributed by atoms with Gasteiger partial charge in [-0.15, -0.1) is 0 Å². The largest absolute Gasteiger partial charge is 0.378 e. The monoisotopic (exact) mass is 295 g/mol. The Balaban J connectivity index is 1.61. The molecule has 6 nitrogen and oxygen atoms in total. The molecule has 1 aromatic carbocycles. The molecule has 22 heavy (non-hydrogen) atoms. The molecule has 112 valence electrons. The van der Waals surface area contributed by atoms with E-state index in [4.69, 9.17) is 4.74 Å². The van der Waals surface area contributed by atoms with Gasteiger partial charge in [-0.2, -0.15) is 0 Å². The van der Waals surface area contributed by atoms with Gasteiger partial charge in [-0.3, -0.25) is 0 Å². The molecule has 1 aliphatic rings. The Bertz CT molecular complexity index is 779. The van der Waals surface area contributed by atoms with Crippen molar-refractivity contribution in [3.05, 3.63) is 42.9 Å². The van der Waals surface area contributed by atoms with Gasteiger partial charge in [-0.1, -0.05) is 6.07 Å². The number of nitrogens with one attached hydrogen (secondary N) is 2. The zero-order valence-electron chi connectivity index (χ0n) is 12.1. The van der Waals surface area contributed by atoms with Crippen molar-refractivity contribution in [1.29, 1.82) is 0 Å². The highest BCUT2D eigenvalue weighted by atomic mass is 16.5. The van der Waals surface area contributed by atoms with Gasteiger partial charge in [-0.05, 0) is 24.3 Å². The van der Waals surface area contributed by atoms with Gasteiger partial charge in [0.2, 0.25) is 0 Å². The zero-order valence-corrected chi connectivity index (χ0v) is 12.1. The van der Waals surface area contributed by atoms with Crippen molar-refractivity contribution in [2.45, 2.75) is 0 Å². The molecule has 0 bridgehead atoms. The van der Waals surface area contributed by atoms with E-state index in [1.807, 2.05) is 18.3 Å². The maximum absolute atomic E-state index is 5.41. The third kappa shape index (κ3) is 2.48. The number of rotatable bonds is 3. The third-order valence-electron chi connectivity index (χ3n) is 3.84. The SMILES string of the molecule is c1cc(Nc2ncnc3[nH]ccc23)cc(N2CCOCC2)c1. The lowest BCUT2D eigenvalue weighted by Crippen LogP contribution is -2.36. The molecule has 4 rings (SSSR count). The predicted octanol–water partition coefficient (Wildman–Crippen LogP) is 2.54. The molecule has 0 spiro atoms. The number of H-pyrrole nitrogens is 1. The van der Waals surface area contributed by atoms with Crippen LogP contribution in [0, 0.1) is 0 Å². The maximum atomic E-state index is 5.41. The number of hydrogen-bond donors (Lipinski definition) is 2. The molecule has 3 aromatic rings. The van der Waals surface area contributed by atoms with E-state index in [0.717, 1.165) is 48.8 Å². The summed E-state index contributed by atoms with van der Waals surface area (Å²) in [5.41, 5.74) is 3.06. The molecule has 0 aliphatic carbocycles. The van der Waals surface area contributed by atoms with Crippen molar-refractivity contribution in [3.8, 4) is 0 Å². The summed E-state index contributed by atoms with van der Waals surface area (Å²) in [6.07, 6.45) is 3.43. The fourth-order valence-corrected chi connectivity index (χ4v) is 2.71. The molecule has 6 heteroatoms. The number of aromatic amines is 1. The van der Waals surface area contributed by atoms with E-state index in [-0.39, 0.29) is 0 Å². The van der Waals surface area contributed by atoms with E-state index < -0.39 is 0 Å². The molecule has 1 saturated heterocycles. The second-order valence-corrected chi connectivity index (χ2v) is 5.24.